The van der Waals surface area contributed by atoms with Gasteiger partial charge in [-0.1, -0.05) is 20.8 Å². The van der Waals surface area contributed by atoms with Gasteiger partial charge >= 0.3 is 0 Å². The molecule has 5 rings (SSSR count). The number of likely N-dealkylation sites (tertiary alicyclic amines) is 3. The van der Waals surface area contributed by atoms with E-state index in [-0.39, 0.29) is 0 Å². The Bertz CT molecular complexity index is 589. The Morgan fingerprint density at radius 1 is 0.600 bits per heavy atom. The molecule has 0 aromatic carbocycles. The predicted octanol–water partition coefficient (Wildman–Crippen LogP) is 4.96. The van der Waals surface area contributed by atoms with Crippen molar-refractivity contribution in [2.75, 3.05) is 39.3 Å². The highest BCUT2D eigenvalue weighted by Crippen LogP contribution is 2.50. The average molecular weight is 416 g/mol. The van der Waals surface area contributed by atoms with Gasteiger partial charge in [0.2, 0.25) is 0 Å². The Morgan fingerprint density at radius 3 is 1.60 bits per heavy atom. The third kappa shape index (κ3) is 4.13. The van der Waals surface area contributed by atoms with Crippen LogP contribution in [0.2, 0.25) is 0 Å². The highest BCUT2D eigenvalue weighted by atomic mass is 15.3. The van der Waals surface area contributed by atoms with Crippen LogP contribution in [0.5, 0.6) is 0 Å². The monoisotopic (exact) mass is 415 g/mol. The number of rotatable bonds is 2. The van der Waals surface area contributed by atoms with Gasteiger partial charge in [0.25, 0.3) is 0 Å². The van der Waals surface area contributed by atoms with Crippen LogP contribution in [0.15, 0.2) is 0 Å². The summed E-state index contributed by atoms with van der Waals surface area (Å²) in [5.41, 5.74) is 0.851. The van der Waals surface area contributed by atoms with E-state index in [0.29, 0.717) is 11.0 Å². The van der Waals surface area contributed by atoms with Gasteiger partial charge in [0.1, 0.15) is 0 Å². The van der Waals surface area contributed by atoms with E-state index < -0.39 is 0 Å². The van der Waals surface area contributed by atoms with Crippen LogP contribution in [0.3, 0.4) is 0 Å². The van der Waals surface area contributed by atoms with Crippen molar-refractivity contribution in [2.24, 2.45) is 35.0 Å². The largest absolute Gasteiger partial charge is 0.300 e. The summed E-state index contributed by atoms with van der Waals surface area (Å²) in [6, 6.07) is 1.74. The number of nitrogens with zero attached hydrogens (tertiary/aromatic N) is 3. The van der Waals surface area contributed by atoms with Crippen LogP contribution in [0.25, 0.3) is 0 Å². The fourth-order valence-electron chi connectivity index (χ4n) is 8.10. The molecule has 3 heterocycles. The molecule has 3 saturated heterocycles. The van der Waals surface area contributed by atoms with Crippen molar-refractivity contribution in [2.45, 2.75) is 97.7 Å². The van der Waals surface area contributed by atoms with Crippen LogP contribution < -0.4 is 0 Å². The first-order chi connectivity index (χ1) is 14.1. The van der Waals surface area contributed by atoms with Gasteiger partial charge in [-0.25, -0.2) is 0 Å². The molecule has 0 amide bonds. The zero-order valence-electron chi connectivity index (χ0n) is 20.9. The summed E-state index contributed by atoms with van der Waals surface area (Å²) in [5, 5.41) is 0. The summed E-state index contributed by atoms with van der Waals surface area (Å²) in [7, 11) is 0. The average Bonchev–Trinajstić information content (AvgIpc) is 3.37. The van der Waals surface area contributed by atoms with E-state index in [1.807, 2.05) is 0 Å². The molecule has 0 spiro atoms. The number of fused-ring (bicyclic) bond motifs is 2. The minimum absolute atomic E-state index is 0.333. The summed E-state index contributed by atoms with van der Waals surface area (Å²) in [6.45, 7) is 22.8. The van der Waals surface area contributed by atoms with Gasteiger partial charge in [0.15, 0.2) is 0 Å². The third-order valence-corrected chi connectivity index (χ3v) is 10.1. The first-order valence-corrected chi connectivity index (χ1v) is 13.3. The molecule has 3 aliphatic heterocycles. The van der Waals surface area contributed by atoms with E-state index in [0.717, 1.165) is 41.7 Å². The Morgan fingerprint density at radius 2 is 1.10 bits per heavy atom. The molecule has 0 bridgehead atoms. The quantitative estimate of drug-likeness (QED) is 0.631. The van der Waals surface area contributed by atoms with Crippen molar-refractivity contribution in [1.29, 1.82) is 0 Å². The van der Waals surface area contributed by atoms with Crippen LogP contribution in [0, 0.1) is 35.0 Å². The number of hydrogen-bond acceptors (Lipinski definition) is 3. The molecule has 172 valence electrons. The normalized spacial score (nSPS) is 44.0. The van der Waals surface area contributed by atoms with E-state index in [9.17, 15) is 0 Å². The fourth-order valence-corrected chi connectivity index (χ4v) is 8.10. The van der Waals surface area contributed by atoms with Gasteiger partial charge in [-0.05, 0) is 101 Å². The van der Waals surface area contributed by atoms with E-state index in [1.165, 1.54) is 77.8 Å². The Balaban J connectivity index is 1.12. The number of piperidine rings is 1. The van der Waals surface area contributed by atoms with Crippen molar-refractivity contribution in [3.05, 3.63) is 0 Å². The van der Waals surface area contributed by atoms with Gasteiger partial charge in [0.05, 0.1) is 0 Å². The Labute approximate surface area is 186 Å². The molecule has 0 N–H and O–H groups in total. The molecule has 30 heavy (non-hydrogen) atoms. The van der Waals surface area contributed by atoms with E-state index in [1.54, 1.807) is 0 Å². The molecule has 5 unspecified atom stereocenters. The van der Waals surface area contributed by atoms with Gasteiger partial charge in [-0.15, -0.1) is 0 Å². The molecule has 0 radical (unpaired) electrons. The molecule has 0 aromatic heterocycles. The Kier molecular flexibility index (Phi) is 5.60. The summed E-state index contributed by atoms with van der Waals surface area (Å²) in [4.78, 5) is 8.61. The van der Waals surface area contributed by atoms with Crippen LogP contribution in [-0.2, 0) is 0 Å². The summed E-state index contributed by atoms with van der Waals surface area (Å²) in [6.07, 6.45) is 8.83. The molecular formula is C27H49N3. The molecule has 2 saturated carbocycles. The van der Waals surface area contributed by atoms with Crippen LogP contribution in [0.4, 0.5) is 0 Å². The lowest BCUT2D eigenvalue weighted by Gasteiger charge is -2.44. The van der Waals surface area contributed by atoms with Crippen LogP contribution in [-0.4, -0.2) is 71.6 Å². The lowest BCUT2D eigenvalue weighted by molar-refractivity contribution is 0.0482. The topological polar surface area (TPSA) is 9.72 Å². The standard InChI is InChI=1S/C27H49N3/c1-26(2,3)23-10-19-14-29(15-20(19)11-23)25-12-21-16-28(17-22(21)13-25)24-8-7-9-30(18-24)27(4,5)6/h19-25H,7-18H2,1-6H3. The second-order valence-electron chi connectivity index (χ2n) is 14.0. The summed E-state index contributed by atoms with van der Waals surface area (Å²) >= 11 is 0. The second kappa shape index (κ2) is 7.73. The van der Waals surface area contributed by atoms with E-state index in [2.05, 4.69) is 56.2 Å². The first-order valence-electron chi connectivity index (χ1n) is 13.3. The van der Waals surface area contributed by atoms with Crippen molar-refractivity contribution >= 4 is 0 Å². The predicted molar refractivity (Wildman–Crippen MR) is 127 cm³/mol. The SMILES string of the molecule is CC(C)(C)C1CC2CN(C3CC4CN(C5CCCN(C(C)(C)C)C5)CC4C3)CC2C1. The Hall–Kier alpha value is -0.120. The fraction of sp³-hybridized carbons (Fsp3) is 1.00. The van der Waals surface area contributed by atoms with Crippen molar-refractivity contribution < 1.29 is 0 Å². The number of hydrogen-bond donors (Lipinski definition) is 0. The third-order valence-electron chi connectivity index (χ3n) is 10.1. The lowest BCUT2D eigenvalue weighted by atomic mass is 9.79. The van der Waals surface area contributed by atoms with Gasteiger partial charge in [-0.3, -0.25) is 14.7 Å². The lowest BCUT2D eigenvalue weighted by Crippen LogP contribution is -2.53. The molecule has 3 heteroatoms. The molecule has 5 fully saturated rings. The van der Waals surface area contributed by atoms with Crippen LogP contribution >= 0.6 is 0 Å². The molecule has 2 aliphatic carbocycles. The first kappa shape index (κ1) is 21.7. The summed E-state index contributed by atoms with van der Waals surface area (Å²) in [5.74, 6) is 4.97. The maximum Gasteiger partial charge on any atom is 0.0224 e. The van der Waals surface area contributed by atoms with Gasteiger partial charge in [0, 0.05) is 50.3 Å². The van der Waals surface area contributed by atoms with Gasteiger partial charge < -0.3 is 0 Å². The molecule has 3 nitrogen and oxygen atoms in total. The van der Waals surface area contributed by atoms with E-state index in [4.69, 9.17) is 0 Å². The highest BCUT2D eigenvalue weighted by molar-refractivity contribution is 5.02. The van der Waals surface area contributed by atoms with Crippen LogP contribution in [0.1, 0.15) is 80.1 Å². The smallest absolute Gasteiger partial charge is 0.0224 e. The molecule has 5 atom stereocenters. The molecular weight excluding hydrogens is 366 g/mol. The highest BCUT2D eigenvalue weighted by Gasteiger charge is 2.49. The molecule has 5 aliphatic rings. The zero-order chi connectivity index (χ0) is 21.3. The second-order valence-corrected chi connectivity index (χ2v) is 14.0. The maximum absolute atomic E-state index is 2.96. The van der Waals surface area contributed by atoms with Crippen molar-refractivity contribution in [3.8, 4) is 0 Å². The zero-order valence-corrected chi connectivity index (χ0v) is 20.9. The van der Waals surface area contributed by atoms with Crippen molar-refractivity contribution in [1.82, 2.24) is 14.7 Å². The minimum Gasteiger partial charge on any atom is -0.300 e. The maximum atomic E-state index is 2.96. The van der Waals surface area contributed by atoms with Crippen molar-refractivity contribution in [3.63, 3.8) is 0 Å². The van der Waals surface area contributed by atoms with E-state index >= 15 is 0 Å². The van der Waals surface area contributed by atoms with Gasteiger partial charge in [-0.2, -0.15) is 0 Å². The summed E-state index contributed by atoms with van der Waals surface area (Å²) < 4.78 is 0. The minimum atomic E-state index is 0.333. The molecule has 0 aromatic rings.